The fraction of sp³-hybridized carbons (Fsp3) is 0. The van der Waals surface area contributed by atoms with E-state index in [0.29, 0.717) is 11.1 Å². The lowest BCUT2D eigenvalue weighted by Crippen LogP contribution is -2.10. The van der Waals surface area contributed by atoms with Crippen molar-refractivity contribution in [2.45, 2.75) is 0 Å². The van der Waals surface area contributed by atoms with Gasteiger partial charge >= 0.3 is 0 Å². The van der Waals surface area contributed by atoms with Gasteiger partial charge in [0.2, 0.25) is 0 Å². The van der Waals surface area contributed by atoms with Gasteiger partial charge in [-0.15, -0.1) is 0 Å². The third-order valence-electron chi connectivity index (χ3n) is 2.89. The first-order valence-corrected chi connectivity index (χ1v) is 6.88. The molecule has 3 nitrogen and oxygen atoms in total. The molecule has 0 aliphatic heterocycles. The standard InChI is InChI=1S/C15H7Cl3O3/c16-13(19)10-7-6-9(8-4-2-1-3-5-8)11(14(17)20)12(10)15(18)21/h1-7H. The van der Waals surface area contributed by atoms with Crippen LogP contribution in [0.5, 0.6) is 0 Å². The van der Waals surface area contributed by atoms with Gasteiger partial charge in [0, 0.05) is 5.56 Å². The Kier molecular flexibility index (Phi) is 4.78. The Bertz CT molecular complexity index is 739. The van der Waals surface area contributed by atoms with Crippen molar-refractivity contribution >= 4 is 50.5 Å². The van der Waals surface area contributed by atoms with Crippen LogP contribution in [-0.2, 0) is 0 Å². The second-order valence-electron chi connectivity index (χ2n) is 4.10. The van der Waals surface area contributed by atoms with Crippen molar-refractivity contribution in [2.24, 2.45) is 0 Å². The molecule has 0 amide bonds. The van der Waals surface area contributed by atoms with Crippen molar-refractivity contribution in [3.63, 3.8) is 0 Å². The lowest BCUT2D eigenvalue weighted by atomic mass is 9.93. The lowest BCUT2D eigenvalue weighted by molar-refractivity contribution is 0.104. The topological polar surface area (TPSA) is 51.2 Å². The Balaban J connectivity index is 2.86. The summed E-state index contributed by atoms with van der Waals surface area (Å²) in [5, 5.41) is -2.75. The Morgan fingerprint density at radius 2 is 1.24 bits per heavy atom. The van der Waals surface area contributed by atoms with E-state index in [1.54, 1.807) is 30.3 Å². The van der Waals surface area contributed by atoms with Gasteiger partial charge < -0.3 is 0 Å². The number of hydrogen-bond acceptors (Lipinski definition) is 3. The van der Waals surface area contributed by atoms with Crippen LogP contribution in [0.2, 0.25) is 0 Å². The van der Waals surface area contributed by atoms with Gasteiger partial charge in [-0.2, -0.15) is 0 Å². The molecule has 0 fully saturated rings. The molecule has 0 spiro atoms. The first-order chi connectivity index (χ1) is 9.93. The van der Waals surface area contributed by atoms with E-state index in [1.807, 2.05) is 0 Å². The third kappa shape index (κ3) is 3.16. The maximum absolute atomic E-state index is 11.7. The second-order valence-corrected chi connectivity index (χ2v) is 5.13. The summed E-state index contributed by atoms with van der Waals surface area (Å²) in [6.07, 6.45) is 0. The predicted octanol–water partition coefficient (Wildman–Crippen LogP) is 4.49. The summed E-state index contributed by atoms with van der Waals surface area (Å²) in [6.45, 7) is 0. The molecule has 0 saturated heterocycles. The van der Waals surface area contributed by atoms with Crippen molar-refractivity contribution in [3.05, 3.63) is 59.2 Å². The van der Waals surface area contributed by atoms with E-state index in [0.717, 1.165) is 0 Å². The SMILES string of the molecule is O=C(Cl)c1ccc(-c2ccccc2)c(C(=O)Cl)c1C(=O)Cl. The van der Waals surface area contributed by atoms with Crippen molar-refractivity contribution in [1.82, 2.24) is 0 Å². The van der Waals surface area contributed by atoms with Gasteiger partial charge in [0.1, 0.15) is 0 Å². The normalized spacial score (nSPS) is 10.2. The summed E-state index contributed by atoms with van der Waals surface area (Å²) in [7, 11) is 0. The van der Waals surface area contributed by atoms with E-state index in [4.69, 9.17) is 34.8 Å². The zero-order chi connectivity index (χ0) is 15.6. The summed E-state index contributed by atoms with van der Waals surface area (Å²) in [4.78, 5) is 34.8. The molecule has 0 aliphatic carbocycles. The van der Waals surface area contributed by atoms with Gasteiger partial charge in [0.25, 0.3) is 15.7 Å². The molecule has 0 heterocycles. The molecule has 0 saturated carbocycles. The molecule has 0 N–H and O–H groups in total. The summed E-state index contributed by atoms with van der Waals surface area (Å²) < 4.78 is 0. The van der Waals surface area contributed by atoms with Crippen LogP contribution in [0, 0.1) is 0 Å². The van der Waals surface area contributed by atoms with Crippen molar-refractivity contribution in [1.29, 1.82) is 0 Å². The van der Waals surface area contributed by atoms with E-state index in [-0.39, 0.29) is 16.7 Å². The van der Waals surface area contributed by atoms with E-state index in [2.05, 4.69) is 0 Å². The molecule has 2 aromatic carbocycles. The molecule has 2 aromatic rings. The van der Waals surface area contributed by atoms with Gasteiger partial charge in [-0.25, -0.2) is 0 Å². The first-order valence-electron chi connectivity index (χ1n) is 5.75. The summed E-state index contributed by atoms with van der Waals surface area (Å²) in [5.74, 6) is 0. The number of carbonyl (C=O) groups excluding carboxylic acids is 3. The van der Waals surface area contributed by atoms with Crippen LogP contribution in [-0.4, -0.2) is 15.7 Å². The van der Waals surface area contributed by atoms with Crippen molar-refractivity contribution < 1.29 is 14.4 Å². The average Bonchev–Trinajstić information content (AvgIpc) is 2.46. The maximum Gasteiger partial charge on any atom is 0.253 e. The van der Waals surface area contributed by atoms with Gasteiger partial charge in [-0.3, -0.25) is 14.4 Å². The highest BCUT2D eigenvalue weighted by atomic mass is 35.5. The molecule has 0 radical (unpaired) electrons. The molecule has 0 bridgehead atoms. The zero-order valence-electron chi connectivity index (χ0n) is 10.4. The van der Waals surface area contributed by atoms with Crippen LogP contribution in [0.3, 0.4) is 0 Å². The molecule has 6 heteroatoms. The summed E-state index contributed by atoms with van der Waals surface area (Å²) >= 11 is 16.5. The van der Waals surface area contributed by atoms with Gasteiger partial charge in [0.05, 0.1) is 11.1 Å². The molecular weight excluding hydrogens is 335 g/mol. The summed E-state index contributed by atoms with van der Waals surface area (Å²) in [6, 6.07) is 11.7. The van der Waals surface area contributed by atoms with Gasteiger partial charge in [-0.05, 0) is 52.0 Å². The molecule has 0 atom stereocenters. The first kappa shape index (κ1) is 15.7. The largest absolute Gasteiger partial charge is 0.276 e. The number of rotatable bonds is 4. The molecule has 0 unspecified atom stereocenters. The molecular formula is C15H7Cl3O3. The Morgan fingerprint density at radius 1 is 0.667 bits per heavy atom. The smallest absolute Gasteiger partial charge is 0.253 e. The highest BCUT2D eigenvalue weighted by Gasteiger charge is 2.25. The number of carbonyl (C=O) groups is 3. The highest BCUT2D eigenvalue weighted by Crippen LogP contribution is 2.31. The van der Waals surface area contributed by atoms with Crippen LogP contribution in [0.15, 0.2) is 42.5 Å². The van der Waals surface area contributed by atoms with E-state index >= 15 is 0 Å². The third-order valence-corrected chi connectivity index (χ3v) is 3.48. The fourth-order valence-corrected chi connectivity index (χ4v) is 2.58. The lowest BCUT2D eigenvalue weighted by Gasteiger charge is -2.12. The van der Waals surface area contributed by atoms with E-state index in [1.165, 1.54) is 12.1 Å². The van der Waals surface area contributed by atoms with Crippen LogP contribution in [0.25, 0.3) is 11.1 Å². The zero-order valence-corrected chi connectivity index (χ0v) is 12.7. The van der Waals surface area contributed by atoms with Crippen LogP contribution < -0.4 is 0 Å². The average molecular weight is 342 g/mol. The van der Waals surface area contributed by atoms with E-state index < -0.39 is 15.7 Å². The second kappa shape index (κ2) is 6.39. The minimum atomic E-state index is -0.971. The maximum atomic E-state index is 11.7. The number of benzene rings is 2. The van der Waals surface area contributed by atoms with Crippen LogP contribution >= 0.6 is 34.8 Å². The Morgan fingerprint density at radius 3 is 1.71 bits per heavy atom. The van der Waals surface area contributed by atoms with Gasteiger partial charge in [0.15, 0.2) is 0 Å². The fourth-order valence-electron chi connectivity index (χ4n) is 2.03. The van der Waals surface area contributed by atoms with Crippen LogP contribution in [0.1, 0.15) is 31.1 Å². The molecule has 106 valence electrons. The summed E-state index contributed by atoms with van der Waals surface area (Å²) in [5.41, 5.74) is 0.503. The molecule has 2 rings (SSSR count). The Hall–Kier alpha value is -1.68. The molecule has 0 aliphatic rings. The minimum Gasteiger partial charge on any atom is -0.276 e. The minimum absolute atomic E-state index is 0.130. The number of hydrogen-bond donors (Lipinski definition) is 0. The predicted molar refractivity (Wildman–Crippen MR) is 82.4 cm³/mol. The van der Waals surface area contributed by atoms with Crippen molar-refractivity contribution in [2.75, 3.05) is 0 Å². The monoisotopic (exact) mass is 340 g/mol. The van der Waals surface area contributed by atoms with Gasteiger partial charge in [-0.1, -0.05) is 36.4 Å². The highest BCUT2D eigenvalue weighted by molar-refractivity contribution is 6.74. The van der Waals surface area contributed by atoms with E-state index in [9.17, 15) is 14.4 Å². The van der Waals surface area contributed by atoms with Crippen LogP contribution in [0.4, 0.5) is 0 Å². The molecule has 21 heavy (non-hydrogen) atoms. The van der Waals surface area contributed by atoms with Crippen molar-refractivity contribution in [3.8, 4) is 11.1 Å². The Labute approximate surface area is 135 Å². The quantitative estimate of drug-likeness (QED) is 0.770. The number of halogens is 3. The molecule has 0 aromatic heterocycles.